The fourth-order valence-corrected chi connectivity index (χ4v) is 1.92. The van der Waals surface area contributed by atoms with Gasteiger partial charge in [0.2, 0.25) is 11.8 Å². The first-order valence-corrected chi connectivity index (χ1v) is 7.19. The predicted octanol–water partition coefficient (Wildman–Crippen LogP) is 2.06. The number of benzene rings is 1. The summed E-state index contributed by atoms with van der Waals surface area (Å²) in [5.74, 6) is -0.835. The molecule has 6 heteroatoms. The Hall–Kier alpha value is -2.37. The molecule has 22 heavy (non-hydrogen) atoms. The van der Waals surface area contributed by atoms with Crippen LogP contribution in [0.5, 0.6) is 0 Å². The second kappa shape index (κ2) is 8.17. The summed E-state index contributed by atoms with van der Waals surface area (Å²) in [4.78, 5) is 36.4. The average Bonchev–Trinajstić information content (AvgIpc) is 2.45. The molecular weight excluding hydrogens is 284 g/mol. The van der Waals surface area contributed by atoms with Gasteiger partial charge in [-0.3, -0.25) is 9.59 Å². The van der Waals surface area contributed by atoms with Crippen molar-refractivity contribution in [3.63, 3.8) is 0 Å². The van der Waals surface area contributed by atoms with Gasteiger partial charge in [-0.15, -0.1) is 0 Å². The van der Waals surface area contributed by atoms with Crippen molar-refractivity contribution in [3.05, 3.63) is 29.8 Å². The van der Waals surface area contributed by atoms with Crippen molar-refractivity contribution in [2.75, 3.05) is 18.5 Å². The van der Waals surface area contributed by atoms with Crippen LogP contribution in [0.15, 0.2) is 24.3 Å². The number of carbonyl (C=O) groups is 3. The van der Waals surface area contributed by atoms with Crippen LogP contribution in [0.25, 0.3) is 0 Å². The van der Waals surface area contributed by atoms with E-state index in [-0.39, 0.29) is 24.4 Å². The van der Waals surface area contributed by atoms with Crippen molar-refractivity contribution in [1.82, 2.24) is 4.90 Å². The number of hydrogen-bond acceptors (Lipinski definition) is 4. The van der Waals surface area contributed by atoms with Gasteiger partial charge >= 0.3 is 5.97 Å². The largest absolute Gasteiger partial charge is 0.462 e. The summed E-state index contributed by atoms with van der Waals surface area (Å²) in [6, 6.07) is 6.36. The highest BCUT2D eigenvalue weighted by atomic mass is 16.5. The third-order valence-corrected chi connectivity index (χ3v) is 3.02. The minimum Gasteiger partial charge on any atom is -0.462 e. The van der Waals surface area contributed by atoms with Crippen LogP contribution in [0, 0.1) is 0 Å². The fraction of sp³-hybridized carbons (Fsp3) is 0.438. The maximum Gasteiger partial charge on any atom is 0.338 e. The van der Waals surface area contributed by atoms with Crippen LogP contribution in [0.1, 0.15) is 38.1 Å². The van der Waals surface area contributed by atoms with E-state index < -0.39 is 5.97 Å². The summed E-state index contributed by atoms with van der Waals surface area (Å²) >= 11 is 0. The van der Waals surface area contributed by atoms with Gasteiger partial charge in [-0.1, -0.05) is 0 Å². The van der Waals surface area contributed by atoms with Crippen molar-refractivity contribution in [3.8, 4) is 0 Å². The number of hydrogen-bond donors (Lipinski definition) is 1. The van der Waals surface area contributed by atoms with Crippen LogP contribution in [-0.2, 0) is 14.3 Å². The zero-order chi connectivity index (χ0) is 16.7. The van der Waals surface area contributed by atoms with E-state index in [0.29, 0.717) is 17.9 Å². The average molecular weight is 306 g/mol. The van der Waals surface area contributed by atoms with Gasteiger partial charge in [-0.2, -0.15) is 0 Å². The number of ether oxygens (including phenoxy) is 1. The Kier molecular flexibility index (Phi) is 6.56. The Labute approximate surface area is 130 Å². The minimum atomic E-state index is -0.400. The molecule has 0 bridgehead atoms. The third kappa shape index (κ3) is 5.20. The van der Waals surface area contributed by atoms with E-state index in [1.54, 1.807) is 31.2 Å². The number of nitrogens with zero attached hydrogens (tertiary/aromatic N) is 1. The zero-order valence-electron chi connectivity index (χ0n) is 13.4. The fourth-order valence-electron chi connectivity index (χ4n) is 1.92. The van der Waals surface area contributed by atoms with E-state index in [4.69, 9.17) is 4.74 Å². The molecule has 6 nitrogen and oxygen atoms in total. The van der Waals surface area contributed by atoms with Crippen LogP contribution in [-0.4, -0.2) is 41.9 Å². The first kappa shape index (κ1) is 17.7. The Balaban J connectivity index is 2.65. The molecule has 1 rings (SSSR count). The molecule has 0 aromatic heterocycles. The standard InChI is InChI=1S/C16H22N2O4/c1-5-22-16(21)13-6-8-14(9-7-13)17-15(20)10-18(11(2)3)12(4)19/h6-9,11H,5,10H2,1-4H3,(H,17,20). The number of anilines is 1. The summed E-state index contributed by atoms with van der Waals surface area (Å²) in [6.45, 7) is 7.18. The van der Waals surface area contributed by atoms with Gasteiger partial charge in [-0.05, 0) is 45.0 Å². The van der Waals surface area contributed by atoms with Gasteiger partial charge in [0.1, 0.15) is 6.54 Å². The molecule has 0 heterocycles. The minimum absolute atomic E-state index is 0.00731. The maximum atomic E-state index is 12.0. The molecule has 0 atom stereocenters. The highest BCUT2D eigenvalue weighted by Crippen LogP contribution is 2.11. The van der Waals surface area contributed by atoms with E-state index in [1.165, 1.54) is 11.8 Å². The normalized spacial score (nSPS) is 10.2. The topological polar surface area (TPSA) is 75.7 Å². The molecule has 0 radical (unpaired) electrons. The van der Waals surface area contributed by atoms with Crippen molar-refractivity contribution in [2.45, 2.75) is 33.7 Å². The molecule has 1 aromatic carbocycles. The third-order valence-electron chi connectivity index (χ3n) is 3.02. The Morgan fingerprint density at radius 1 is 1.18 bits per heavy atom. The lowest BCUT2D eigenvalue weighted by molar-refractivity contribution is -0.134. The van der Waals surface area contributed by atoms with Crippen LogP contribution >= 0.6 is 0 Å². The highest BCUT2D eigenvalue weighted by molar-refractivity contribution is 5.95. The number of carbonyl (C=O) groups excluding carboxylic acids is 3. The molecule has 1 N–H and O–H groups in total. The van der Waals surface area contributed by atoms with Gasteiger partial charge in [0.25, 0.3) is 0 Å². The molecular formula is C16H22N2O4. The number of nitrogens with one attached hydrogen (secondary N) is 1. The van der Waals surface area contributed by atoms with E-state index in [0.717, 1.165) is 0 Å². The van der Waals surface area contributed by atoms with E-state index in [9.17, 15) is 14.4 Å². The molecule has 0 saturated carbocycles. The second-order valence-corrected chi connectivity index (χ2v) is 5.09. The van der Waals surface area contributed by atoms with Crippen molar-refractivity contribution in [1.29, 1.82) is 0 Å². The van der Waals surface area contributed by atoms with Crippen LogP contribution in [0.4, 0.5) is 5.69 Å². The molecule has 2 amide bonds. The van der Waals surface area contributed by atoms with Gasteiger partial charge < -0.3 is 15.0 Å². The zero-order valence-corrected chi connectivity index (χ0v) is 13.4. The number of amides is 2. The highest BCUT2D eigenvalue weighted by Gasteiger charge is 2.16. The molecule has 0 saturated heterocycles. The molecule has 0 spiro atoms. The SMILES string of the molecule is CCOC(=O)c1ccc(NC(=O)CN(C(C)=O)C(C)C)cc1. The number of rotatable bonds is 6. The van der Waals surface area contributed by atoms with Crippen LogP contribution < -0.4 is 5.32 Å². The molecule has 0 aliphatic carbocycles. The Morgan fingerprint density at radius 2 is 1.77 bits per heavy atom. The van der Waals surface area contributed by atoms with Crippen molar-refractivity contribution >= 4 is 23.5 Å². The van der Waals surface area contributed by atoms with Gasteiger partial charge in [-0.25, -0.2) is 4.79 Å². The molecule has 120 valence electrons. The summed E-state index contributed by atoms with van der Waals surface area (Å²) < 4.78 is 4.88. The van der Waals surface area contributed by atoms with Crippen LogP contribution in [0.2, 0.25) is 0 Å². The monoisotopic (exact) mass is 306 g/mol. The molecule has 1 aromatic rings. The van der Waals surface area contributed by atoms with Crippen LogP contribution in [0.3, 0.4) is 0 Å². The summed E-state index contributed by atoms with van der Waals surface area (Å²) in [5, 5.41) is 2.70. The van der Waals surface area contributed by atoms with E-state index in [2.05, 4.69) is 5.32 Å². The van der Waals surface area contributed by atoms with E-state index >= 15 is 0 Å². The number of esters is 1. The van der Waals surface area contributed by atoms with E-state index in [1.807, 2.05) is 13.8 Å². The Morgan fingerprint density at radius 3 is 2.23 bits per heavy atom. The molecule has 0 fully saturated rings. The maximum absolute atomic E-state index is 12.0. The quantitative estimate of drug-likeness (QED) is 0.816. The van der Waals surface area contributed by atoms with Crippen molar-refractivity contribution < 1.29 is 19.1 Å². The Bertz CT molecular complexity index is 538. The lowest BCUT2D eigenvalue weighted by Crippen LogP contribution is -2.41. The smallest absolute Gasteiger partial charge is 0.338 e. The summed E-state index contributed by atoms with van der Waals surface area (Å²) in [6.07, 6.45) is 0. The molecule has 0 unspecified atom stereocenters. The predicted molar refractivity (Wildman–Crippen MR) is 83.6 cm³/mol. The van der Waals surface area contributed by atoms with Gasteiger partial charge in [0.05, 0.1) is 12.2 Å². The first-order valence-electron chi connectivity index (χ1n) is 7.19. The summed E-state index contributed by atoms with van der Waals surface area (Å²) in [7, 11) is 0. The molecule has 0 aliphatic rings. The molecule has 0 aliphatic heterocycles. The van der Waals surface area contributed by atoms with Gasteiger partial charge in [0, 0.05) is 18.7 Å². The lowest BCUT2D eigenvalue weighted by Gasteiger charge is -2.24. The summed E-state index contributed by atoms with van der Waals surface area (Å²) in [5.41, 5.74) is 0.984. The first-order chi connectivity index (χ1) is 10.3. The second-order valence-electron chi connectivity index (χ2n) is 5.09. The lowest BCUT2D eigenvalue weighted by atomic mass is 10.2. The van der Waals surface area contributed by atoms with Gasteiger partial charge in [0.15, 0.2) is 0 Å². The van der Waals surface area contributed by atoms with Crippen molar-refractivity contribution in [2.24, 2.45) is 0 Å².